The Hall–Kier alpha value is 0.370. The van der Waals surface area contributed by atoms with Gasteiger partial charge < -0.3 is 10.1 Å². The van der Waals surface area contributed by atoms with E-state index in [1.165, 1.54) is 0 Å². The number of sulfonamides is 1. The lowest BCUT2D eigenvalue weighted by Gasteiger charge is -2.27. The Bertz CT molecular complexity index is 298. The van der Waals surface area contributed by atoms with Gasteiger partial charge in [-0.25, -0.2) is 13.1 Å². The minimum absolute atomic E-state index is 0. The third-order valence-corrected chi connectivity index (χ3v) is 4.19. The first-order valence-corrected chi connectivity index (χ1v) is 7.68. The van der Waals surface area contributed by atoms with Crippen LogP contribution in [0.2, 0.25) is 0 Å². The highest BCUT2D eigenvalue weighted by Crippen LogP contribution is 1.93. The maximum Gasteiger partial charge on any atom is 0.211 e. The van der Waals surface area contributed by atoms with Crippen molar-refractivity contribution in [3.8, 4) is 0 Å². The topological polar surface area (TPSA) is 70.7 Å². The van der Waals surface area contributed by atoms with Crippen LogP contribution in [0, 0.1) is 0 Å². The number of methoxy groups -OCH3 is 1. The summed E-state index contributed by atoms with van der Waals surface area (Å²) < 4.78 is 30.5. The smallest absolute Gasteiger partial charge is 0.211 e. The number of hydrogen-bond acceptors (Lipinski definition) is 5. The highest BCUT2D eigenvalue weighted by atomic mass is 35.5. The molecule has 9 heteroatoms. The van der Waals surface area contributed by atoms with Gasteiger partial charge in [0, 0.05) is 53.0 Å². The lowest BCUT2D eigenvalue weighted by Crippen LogP contribution is -2.46. The first kappa shape index (κ1) is 21.7. The molecule has 1 saturated heterocycles. The first-order chi connectivity index (χ1) is 8.14. The standard InChI is InChI=1S/C10H23N3O3S.2ClH/c1-16-9-2-10-17(14,15)12-5-8-13-6-3-11-4-7-13;;/h11-12H,2-10H2,1H3;2*1H. The molecular weight excluding hydrogens is 313 g/mol. The lowest BCUT2D eigenvalue weighted by atomic mass is 10.3. The first-order valence-electron chi connectivity index (χ1n) is 6.03. The van der Waals surface area contributed by atoms with Gasteiger partial charge in [-0.1, -0.05) is 0 Å². The van der Waals surface area contributed by atoms with E-state index in [0.717, 1.165) is 32.7 Å². The van der Waals surface area contributed by atoms with Gasteiger partial charge in [0.15, 0.2) is 0 Å². The second-order valence-corrected chi connectivity index (χ2v) is 6.08. The van der Waals surface area contributed by atoms with Crippen LogP contribution in [0.15, 0.2) is 0 Å². The number of nitrogens with one attached hydrogen (secondary N) is 2. The van der Waals surface area contributed by atoms with Gasteiger partial charge >= 0.3 is 0 Å². The molecule has 0 spiro atoms. The molecule has 1 aliphatic heterocycles. The lowest BCUT2D eigenvalue weighted by molar-refractivity contribution is 0.199. The molecule has 0 saturated carbocycles. The molecule has 0 aromatic carbocycles. The van der Waals surface area contributed by atoms with E-state index < -0.39 is 10.0 Å². The van der Waals surface area contributed by atoms with Crippen LogP contribution in [0.25, 0.3) is 0 Å². The number of hydrogen-bond donors (Lipinski definition) is 2. The summed E-state index contributed by atoms with van der Waals surface area (Å²) in [5, 5.41) is 3.26. The Morgan fingerprint density at radius 2 is 1.89 bits per heavy atom. The number of rotatable bonds is 8. The molecule has 1 aliphatic rings. The van der Waals surface area contributed by atoms with Gasteiger partial charge in [-0.3, -0.25) is 4.90 Å². The third kappa shape index (κ3) is 10.8. The molecule has 1 heterocycles. The van der Waals surface area contributed by atoms with Crippen LogP contribution in [0.5, 0.6) is 0 Å². The molecule has 0 bridgehead atoms. The molecular formula is C10H25Cl2N3O3S. The van der Waals surface area contributed by atoms with Crippen LogP contribution in [-0.4, -0.2) is 72.1 Å². The fourth-order valence-corrected chi connectivity index (χ4v) is 2.80. The molecule has 6 nitrogen and oxygen atoms in total. The highest BCUT2D eigenvalue weighted by Gasteiger charge is 2.12. The van der Waals surface area contributed by atoms with Gasteiger partial charge in [0.2, 0.25) is 10.0 Å². The summed E-state index contributed by atoms with van der Waals surface area (Å²) in [4.78, 5) is 2.26. The number of ether oxygens (including phenoxy) is 1. The van der Waals surface area contributed by atoms with Crippen LogP contribution in [0.3, 0.4) is 0 Å². The zero-order valence-electron chi connectivity index (χ0n) is 11.3. The predicted molar refractivity (Wildman–Crippen MR) is 82.1 cm³/mol. The molecule has 0 unspecified atom stereocenters. The van der Waals surface area contributed by atoms with Crippen LogP contribution in [0.4, 0.5) is 0 Å². The van der Waals surface area contributed by atoms with Crippen molar-refractivity contribution in [1.82, 2.24) is 14.9 Å². The van der Waals surface area contributed by atoms with Crippen molar-refractivity contribution in [2.24, 2.45) is 0 Å². The van der Waals surface area contributed by atoms with Crippen molar-refractivity contribution in [2.75, 3.05) is 58.7 Å². The van der Waals surface area contributed by atoms with Crippen molar-refractivity contribution in [1.29, 1.82) is 0 Å². The van der Waals surface area contributed by atoms with Crippen molar-refractivity contribution >= 4 is 34.8 Å². The van der Waals surface area contributed by atoms with Gasteiger partial charge in [0.1, 0.15) is 0 Å². The van der Waals surface area contributed by atoms with Crippen molar-refractivity contribution in [2.45, 2.75) is 6.42 Å². The van der Waals surface area contributed by atoms with Crippen LogP contribution >= 0.6 is 24.8 Å². The van der Waals surface area contributed by atoms with Gasteiger partial charge in [-0.15, -0.1) is 24.8 Å². The molecule has 0 radical (unpaired) electrons. The fraction of sp³-hybridized carbons (Fsp3) is 1.00. The molecule has 1 fully saturated rings. The van der Waals surface area contributed by atoms with Gasteiger partial charge in [-0.05, 0) is 6.42 Å². The predicted octanol–water partition coefficient (Wildman–Crippen LogP) is -0.309. The van der Waals surface area contributed by atoms with Crippen LogP contribution in [0.1, 0.15) is 6.42 Å². The molecule has 19 heavy (non-hydrogen) atoms. The minimum atomic E-state index is -3.13. The summed E-state index contributed by atoms with van der Waals surface area (Å²) in [5.41, 5.74) is 0. The van der Waals surface area contributed by atoms with Crippen LogP contribution in [-0.2, 0) is 14.8 Å². The average molecular weight is 338 g/mol. The van der Waals surface area contributed by atoms with E-state index in [0.29, 0.717) is 19.6 Å². The summed E-state index contributed by atoms with van der Waals surface area (Å²) >= 11 is 0. The highest BCUT2D eigenvalue weighted by molar-refractivity contribution is 7.89. The molecule has 0 aromatic rings. The van der Waals surface area contributed by atoms with E-state index in [-0.39, 0.29) is 30.6 Å². The average Bonchev–Trinajstić information content (AvgIpc) is 2.30. The van der Waals surface area contributed by atoms with Crippen LogP contribution < -0.4 is 10.0 Å². The molecule has 0 atom stereocenters. The maximum atomic E-state index is 11.5. The van der Waals surface area contributed by atoms with E-state index >= 15 is 0 Å². The molecule has 0 aliphatic carbocycles. The fourth-order valence-electron chi connectivity index (χ4n) is 1.76. The summed E-state index contributed by atoms with van der Waals surface area (Å²) in [5.74, 6) is 0.141. The van der Waals surface area contributed by atoms with Gasteiger partial charge in [0.05, 0.1) is 5.75 Å². The van der Waals surface area contributed by atoms with Gasteiger partial charge in [0.25, 0.3) is 0 Å². The van der Waals surface area contributed by atoms with Gasteiger partial charge in [-0.2, -0.15) is 0 Å². The Kier molecular flexibility index (Phi) is 13.8. The molecule has 118 valence electrons. The Balaban J connectivity index is 0. The second-order valence-electron chi connectivity index (χ2n) is 4.15. The molecule has 2 N–H and O–H groups in total. The van der Waals surface area contributed by atoms with E-state index in [2.05, 4.69) is 14.9 Å². The zero-order valence-corrected chi connectivity index (χ0v) is 13.7. The quantitative estimate of drug-likeness (QED) is 0.594. The number of halogens is 2. The summed E-state index contributed by atoms with van der Waals surface area (Å²) in [6, 6.07) is 0. The van der Waals surface area contributed by atoms with Crippen molar-refractivity contribution < 1.29 is 13.2 Å². The van der Waals surface area contributed by atoms with Crippen molar-refractivity contribution in [3.63, 3.8) is 0 Å². The normalized spacial score (nSPS) is 16.5. The van der Waals surface area contributed by atoms with E-state index in [4.69, 9.17) is 4.74 Å². The Labute approximate surface area is 128 Å². The third-order valence-electron chi connectivity index (χ3n) is 2.72. The van der Waals surface area contributed by atoms with E-state index in [9.17, 15) is 8.42 Å². The number of piperazine rings is 1. The molecule has 0 amide bonds. The van der Waals surface area contributed by atoms with E-state index in [1.54, 1.807) is 7.11 Å². The monoisotopic (exact) mass is 337 g/mol. The SMILES string of the molecule is COCCCS(=O)(=O)NCCN1CCNCC1.Cl.Cl. The second kappa shape index (κ2) is 12.1. The van der Waals surface area contributed by atoms with E-state index in [1.807, 2.05) is 0 Å². The zero-order chi connectivity index (χ0) is 12.6. The maximum absolute atomic E-state index is 11.5. The number of nitrogens with zero attached hydrogens (tertiary/aromatic N) is 1. The Morgan fingerprint density at radius 3 is 2.47 bits per heavy atom. The van der Waals surface area contributed by atoms with Crippen molar-refractivity contribution in [3.05, 3.63) is 0 Å². The molecule has 0 aromatic heterocycles. The molecule has 1 rings (SSSR count). The summed E-state index contributed by atoms with van der Waals surface area (Å²) in [6.07, 6.45) is 0.541. The summed E-state index contributed by atoms with van der Waals surface area (Å²) in [7, 11) is -1.55. The largest absolute Gasteiger partial charge is 0.385 e. The summed E-state index contributed by atoms with van der Waals surface area (Å²) in [6.45, 7) is 5.72. The minimum Gasteiger partial charge on any atom is -0.385 e. The Morgan fingerprint density at radius 1 is 1.26 bits per heavy atom.